The molecule has 27 heavy (non-hydrogen) atoms. The van der Waals surface area contributed by atoms with Gasteiger partial charge in [0.25, 0.3) is 0 Å². The molecule has 0 saturated carbocycles. The Labute approximate surface area is 162 Å². The summed E-state index contributed by atoms with van der Waals surface area (Å²) in [6, 6.07) is 2.74. The molecule has 5 N–H and O–H groups in total. The van der Waals surface area contributed by atoms with E-state index in [4.69, 9.17) is 4.74 Å². The van der Waals surface area contributed by atoms with Gasteiger partial charge in [0, 0.05) is 35.8 Å². The summed E-state index contributed by atoms with van der Waals surface area (Å²) in [4.78, 5) is 0. The van der Waals surface area contributed by atoms with Crippen LogP contribution in [-0.2, 0) is 6.42 Å². The lowest BCUT2D eigenvalue weighted by molar-refractivity contribution is 0.249. The fourth-order valence-corrected chi connectivity index (χ4v) is 4.46. The van der Waals surface area contributed by atoms with Crippen molar-refractivity contribution in [2.45, 2.75) is 58.0 Å². The van der Waals surface area contributed by atoms with Crippen molar-refractivity contribution in [3.8, 4) is 5.75 Å². The maximum absolute atomic E-state index is 6.07. The van der Waals surface area contributed by atoms with Crippen molar-refractivity contribution < 1.29 is 4.74 Å². The Hall–Kier alpha value is -1.60. The molecule has 4 rings (SSSR count). The maximum Gasteiger partial charge on any atom is 0.133 e. The summed E-state index contributed by atoms with van der Waals surface area (Å²) < 4.78 is 6.07. The van der Waals surface area contributed by atoms with E-state index < -0.39 is 0 Å². The summed E-state index contributed by atoms with van der Waals surface area (Å²) in [6.45, 7) is 7.27. The molecule has 6 nitrogen and oxygen atoms in total. The maximum atomic E-state index is 6.07. The smallest absolute Gasteiger partial charge is 0.133 e. The van der Waals surface area contributed by atoms with Crippen LogP contribution in [0.2, 0.25) is 0 Å². The number of allylic oxidation sites excluding steroid dienone is 1. The summed E-state index contributed by atoms with van der Waals surface area (Å²) >= 11 is 0. The number of benzene rings is 1. The molecular weight excluding hydrogens is 338 g/mol. The average molecular weight is 372 g/mol. The van der Waals surface area contributed by atoms with Gasteiger partial charge in [0.1, 0.15) is 12.0 Å². The second-order valence-corrected chi connectivity index (χ2v) is 7.94. The van der Waals surface area contributed by atoms with Crippen LogP contribution in [0.1, 0.15) is 42.9 Å². The molecule has 0 radical (unpaired) electrons. The van der Waals surface area contributed by atoms with Gasteiger partial charge in [-0.3, -0.25) is 10.6 Å². The zero-order valence-electron chi connectivity index (χ0n) is 16.7. The lowest BCUT2D eigenvalue weighted by Crippen LogP contribution is -2.63. The molecule has 3 aliphatic rings. The second kappa shape index (κ2) is 8.19. The van der Waals surface area contributed by atoms with E-state index >= 15 is 0 Å². The first-order chi connectivity index (χ1) is 13.2. The largest absolute Gasteiger partial charge is 0.492 e. The molecule has 6 heteroatoms. The molecular formula is C21H33N5O. The molecule has 3 atom stereocenters. The number of anilines is 1. The van der Waals surface area contributed by atoms with E-state index in [-0.39, 0.29) is 6.29 Å². The van der Waals surface area contributed by atoms with Crippen molar-refractivity contribution in [1.29, 1.82) is 0 Å². The Balaban J connectivity index is 1.65. The zero-order chi connectivity index (χ0) is 18.8. The van der Waals surface area contributed by atoms with Gasteiger partial charge >= 0.3 is 0 Å². The lowest BCUT2D eigenvalue weighted by Gasteiger charge is -2.37. The van der Waals surface area contributed by atoms with Crippen molar-refractivity contribution in [2.24, 2.45) is 0 Å². The summed E-state index contributed by atoms with van der Waals surface area (Å²) in [5, 5.41) is 17.7. The fourth-order valence-electron chi connectivity index (χ4n) is 4.46. The number of fused-ring (bicyclic) bond motifs is 1. The molecule has 3 aliphatic heterocycles. The third kappa shape index (κ3) is 3.99. The monoisotopic (exact) mass is 371 g/mol. The van der Waals surface area contributed by atoms with Gasteiger partial charge in [0.15, 0.2) is 0 Å². The highest BCUT2D eigenvalue weighted by Crippen LogP contribution is 2.42. The normalized spacial score (nSPS) is 28.1. The first kappa shape index (κ1) is 18.7. The van der Waals surface area contributed by atoms with E-state index in [2.05, 4.69) is 52.6 Å². The van der Waals surface area contributed by atoms with Crippen molar-refractivity contribution in [1.82, 2.24) is 21.3 Å². The van der Waals surface area contributed by atoms with Gasteiger partial charge in [0.2, 0.25) is 0 Å². The van der Waals surface area contributed by atoms with Crippen molar-refractivity contribution in [3.05, 3.63) is 28.8 Å². The summed E-state index contributed by atoms with van der Waals surface area (Å²) in [5.41, 5.74) is 6.54. The Kier molecular flexibility index (Phi) is 5.68. The Morgan fingerprint density at radius 1 is 1.22 bits per heavy atom. The van der Waals surface area contributed by atoms with Crippen LogP contribution in [0.5, 0.6) is 5.75 Å². The van der Waals surface area contributed by atoms with E-state index in [1.165, 1.54) is 34.4 Å². The number of hydrogen-bond donors (Lipinski definition) is 5. The molecule has 0 spiro atoms. The number of rotatable bonds is 4. The number of hydrogen-bond acceptors (Lipinski definition) is 6. The standard InChI is InChI=1S/C21H33N5O/c1-13-11-18(22-3)26-21(24-13)25-17-12-16-7-10-27-20(16)19(14(17)2)15-5-4-8-23-9-6-15/h6,12-13,18,21-26H,4-5,7-11H2,1-3H3. The Morgan fingerprint density at radius 2 is 2.11 bits per heavy atom. The number of nitrogens with one attached hydrogen (secondary N) is 5. The third-order valence-corrected chi connectivity index (χ3v) is 5.90. The molecule has 0 amide bonds. The molecule has 1 saturated heterocycles. The Bertz CT molecular complexity index is 717. The van der Waals surface area contributed by atoms with Crippen LogP contribution in [0, 0.1) is 6.92 Å². The van der Waals surface area contributed by atoms with Crippen molar-refractivity contribution in [2.75, 3.05) is 32.1 Å². The van der Waals surface area contributed by atoms with Gasteiger partial charge in [-0.1, -0.05) is 6.08 Å². The predicted octanol–water partition coefficient (Wildman–Crippen LogP) is 1.91. The van der Waals surface area contributed by atoms with Gasteiger partial charge in [-0.25, -0.2) is 0 Å². The van der Waals surface area contributed by atoms with Crippen LogP contribution >= 0.6 is 0 Å². The SMILES string of the molecule is CNC1CC(C)NC(Nc2cc3c(c(C4=CCNCCC4)c2C)OCC3)N1. The zero-order valence-corrected chi connectivity index (χ0v) is 16.7. The number of ether oxygens (including phenoxy) is 1. The molecule has 0 aromatic heterocycles. The highest BCUT2D eigenvalue weighted by Gasteiger charge is 2.27. The predicted molar refractivity (Wildman–Crippen MR) is 111 cm³/mol. The van der Waals surface area contributed by atoms with Crippen LogP contribution in [0.25, 0.3) is 5.57 Å². The minimum absolute atomic E-state index is 0.0444. The van der Waals surface area contributed by atoms with Crippen LogP contribution in [-0.4, -0.2) is 45.2 Å². The molecule has 0 aliphatic carbocycles. The summed E-state index contributed by atoms with van der Waals surface area (Å²) in [6.07, 6.45) is 7.03. The van der Waals surface area contributed by atoms with Crippen LogP contribution < -0.4 is 31.3 Å². The van der Waals surface area contributed by atoms with E-state index in [0.717, 1.165) is 44.7 Å². The molecule has 0 bridgehead atoms. The second-order valence-electron chi connectivity index (χ2n) is 7.94. The Morgan fingerprint density at radius 3 is 2.96 bits per heavy atom. The van der Waals surface area contributed by atoms with Gasteiger partial charge in [-0.05, 0) is 63.9 Å². The molecule has 148 valence electrons. The fraction of sp³-hybridized carbons (Fsp3) is 0.619. The molecule has 1 aromatic carbocycles. The van der Waals surface area contributed by atoms with Crippen LogP contribution in [0.3, 0.4) is 0 Å². The van der Waals surface area contributed by atoms with Gasteiger partial charge in [0.05, 0.1) is 12.8 Å². The minimum atomic E-state index is 0.0444. The van der Waals surface area contributed by atoms with Crippen LogP contribution in [0.15, 0.2) is 12.1 Å². The summed E-state index contributed by atoms with van der Waals surface area (Å²) in [5.74, 6) is 1.11. The topological polar surface area (TPSA) is 69.4 Å². The average Bonchev–Trinajstić information content (AvgIpc) is 2.95. The van der Waals surface area contributed by atoms with Gasteiger partial charge in [-0.15, -0.1) is 0 Å². The molecule has 1 aromatic rings. The third-order valence-electron chi connectivity index (χ3n) is 5.90. The molecule has 3 unspecified atom stereocenters. The van der Waals surface area contributed by atoms with Gasteiger partial charge < -0.3 is 20.7 Å². The minimum Gasteiger partial charge on any atom is -0.492 e. The first-order valence-electron chi connectivity index (χ1n) is 10.3. The highest BCUT2D eigenvalue weighted by molar-refractivity contribution is 5.80. The van der Waals surface area contributed by atoms with E-state index in [9.17, 15) is 0 Å². The molecule has 1 fully saturated rings. The molecule has 3 heterocycles. The quantitative estimate of drug-likeness (QED) is 0.557. The summed E-state index contributed by atoms with van der Waals surface area (Å²) in [7, 11) is 2.01. The van der Waals surface area contributed by atoms with Crippen LogP contribution in [0.4, 0.5) is 5.69 Å². The van der Waals surface area contributed by atoms with E-state index in [1.807, 2.05) is 7.05 Å². The first-order valence-corrected chi connectivity index (χ1v) is 10.3. The lowest BCUT2D eigenvalue weighted by atomic mass is 9.92. The van der Waals surface area contributed by atoms with Crippen molar-refractivity contribution in [3.63, 3.8) is 0 Å². The van der Waals surface area contributed by atoms with Crippen molar-refractivity contribution >= 4 is 11.3 Å². The van der Waals surface area contributed by atoms with Gasteiger partial charge in [-0.2, -0.15) is 0 Å². The van der Waals surface area contributed by atoms with E-state index in [1.54, 1.807) is 0 Å². The van der Waals surface area contributed by atoms with E-state index in [0.29, 0.717) is 12.2 Å². The highest BCUT2D eigenvalue weighted by atomic mass is 16.5.